The Kier molecular flexibility index (Phi) is 6.19. The van der Waals surface area contributed by atoms with Crippen molar-refractivity contribution < 1.29 is 38.4 Å². The third-order valence-electron chi connectivity index (χ3n) is 6.03. The fourth-order valence-electron chi connectivity index (χ4n) is 4.08. The Hall–Kier alpha value is -2.45. The maximum absolute atomic E-state index is 12.5. The molecule has 0 bridgehead atoms. The van der Waals surface area contributed by atoms with Gasteiger partial charge in [0.25, 0.3) is 0 Å². The van der Waals surface area contributed by atoms with Gasteiger partial charge in [-0.05, 0) is 32.4 Å². The molecule has 0 aromatic carbocycles. The average Bonchev–Trinajstić information content (AvgIpc) is 3.21. The summed E-state index contributed by atoms with van der Waals surface area (Å²) in [5.41, 5.74) is 0.396. The molecule has 30 heavy (non-hydrogen) atoms. The number of aliphatic hydroxyl groups is 1. The molecule has 0 spiro atoms. The lowest BCUT2D eigenvalue weighted by Gasteiger charge is -2.29. The van der Waals surface area contributed by atoms with Crippen LogP contribution in [0.25, 0.3) is 0 Å². The molecule has 8 heteroatoms. The molecule has 3 aliphatic rings. The summed E-state index contributed by atoms with van der Waals surface area (Å²) in [6, 6.07) is 0. The molecule has 0 amide bonds. The average molecular weight is 420 g/mol. The van der Waals surface area contributed by atoms with E-state index in [1.807, 2.05) is 6.92 Å². The third-order valence-corrected chi connectivity index (χ3v) is 6.03. The second-order valence-corrected chi connectivity index (χ2v) is 8.19. The molecule has 164 valence electrons. The fourth-order valence-corrected chi connectivity index (χ4v) is 4.08. The van der Waals surface area contributed by atoms with Crippen LogP contribution in [-0.2, 0) is 33.3 Å². The van der Waals surface area contributed by atoms with E-state index in [2.05, 4.69) is 6.58 Å². The topological polar surface area (TPSA) is 112 Å². The first-order chi connectivity index (χ1) is 14.1. The Labute approximate surface area is 175 Å². The highest BCUT2D eigenvalue weighted by atomic mass is 16.6. The van der Waals surface area contributed by atoms with Crippen LogP contribution < -0.4 is 0 Å². The number of epoxide rings is 1. The summed E-state index contributed by atoms with van der Waals surface area (Å²) in [7, 11) is 0. The molecule has 2 saturated heterocycles. The van der Waals surface area contributed by atoms with E-state index in [-0.39, 0.29) is 11.7 Å². The molecule has 0 unspecified atom stereocenters. The number of rotatable bonds is 4. The van der Waals surface area contributed by atoms with Crippen LogP contribution in [0.5, 0.6) is 0 Å². The number of carbonyl (C=O) groups is 3. The molecule has 3 rings (SSSR count). The third kappa shape index (κ3) is 4.34. The van der Waals surface area contributed by atoms with E-state index in [1.165, 1.54) is 6.92 Å². The number of esters is 3. The van der Waals surface area contributed by atoms with E-state index in [4.69, 9.17) is 18.9 Å². The summed E-state index contributed by atoms with van der Waals surface area (Å²) in [5, 5.41) is 9.93. The lowest BCUT2D eigenvalue weighted by Crippen LogP contribution is -2.38. The van der Waals surface area contributed by atoms with Gasteiger partial charge in [-0.15, -0.1) is 0 Å². The van der Waals surface area contributed by atoms with E-state index >= 15 is 0 Å². The minimum Gasteiger partial charge on any atom is -0.458 e. The second kappa shape index (κ2) is 8.35. The number of hydrogen-bond acceptors (Lipinski definition) is 8. The molecule has 8 nitrogen and oxygen atoms in total. The maximum Gasteiger partial charge on any atom is 0.334 e. The number of allylic oxidation sites excluding steroid dienone is 1. The molecule has 1 aliphatic carbocycles. The van der Waals surface area contributed by atoms with Crippen molar-refractivity contribution in [1.82, 2.24) is 0 Å². The summed E-state index contributed by atoms with van der Waals surface area (Å²) >= 11 is 0. The number of carbonyl (C=O) groups excluding carboxylic acids is 3. The van der Waals surface area contributed by atoms with Crippen molar-refractivity contribution in [2.45, 2.75) is 70.6 Å². The Morgan fingerprint density at radius 1 is 1.37 bits per heavy atom. The van der Waals surface area contributed by atoms with Crippen molar-refractivity contribution >= 4 is 17.9 Å². The van der Waals surface area contributed by atoms with Gasteiger partial charge in [0.1, 0.15) is 18.3 Å². The largest absolute Gasteiger partial charge is 0.458 e. The summed E-state index contributed by atoms with van der Waals surface area (Å²) in [6.45, 7) is 10.0. The Morgan fingerprint density at radius 3 is 2.67 bits per heavy atom. The van der Waals surface area contributed by atoms with E-state index in [0.717, 1.165) is 0 Å². The molecule has 6 atom stereocenters. The van der Waals surface area contributed by atoms with Gasteiger partial charge in [-0.2, -0.15) is 0 Å². The molecule has 0 aromatic heterocycles. The molecule has 1 N–H and O–H groups in total. The van der Waals surface area contributed by atoms with Gasteiger partial charge >= 0.3 is 17.9 Å². The maximum atomic E-state index is 12.5. The molecule has 2 fully saturated rings. The SMILES string of the molecule is C=C1C(=O)O[C@@H]2/C=C(/CO)[C@@H](OC(C)=O)C[C@H]3O[C@]3(C)C[C@@H](OC(=O)/C(C)=C\C)[C@@H]12. The lowest BCUT2D eigenvalue weighted by atomic mass is 9.82. The highest BCUT2D eigenvalue weighted by Gasteiger charge is 2.58. The molecule has 0 saturated carbocycles. The zero-order valence-electron chi connectivity index (χ0n) is 17.7. The zero-order valence-corrected chi connectivity index (χ0v) is 17.7. The van der Waals surface area contributed by atoms with E-state index < -0.39 is 54.3 Å². The molecular formula is C22H28O8. The van der Waals surface area contributed by atoms with Crippen LogP contribution in [-0.4, -0.2) is 59.6 Å². The van der Waals surface area contributed by atoms with Gasteiger partial charge in [0.05, 0.1) is 24.2 Å². The van der Waals surface area contributed by atoms with Gasteiger partial charge < -0.3 is 24.1 Å². The van der Waals surface area contributed by atoms with Gasteiger partial charge in [-0.1, -0.05) is 12.7 Å². The molecule has 0 radical (unpaired) electrons. The smallest absolute Gasteiger partial charge is 0.334 e. The number of fused-ring (bicyclic) bond motifs is 2. The van der Waals surface area contributed by atoms with E-state index in [0.29, 0.717) is 24.0 Å². The summed E-state index contributed by atoms with van der Waals surface area (Å²) in [5.74, 6) is -2.22. The summed E-state index contributed by atoms with van der Waals surface area (Å²) in [4.78, 5) is 36.4. The quantitative estimate of drug-likeness (QED) is 0.241. The highest BCUT2D eigenvalue weighted by molar-refractivity contribution is 5.92. The minimum atomic E-state index is -0.812. The van der Waals surface area contributed by atoms with Gasteiger partial charge in [0, 0.05) is 30.9 Å². The van der Waals surface area contributed by atoms with Gasteiger partial charge in [0.15, 0.2) is 0 Å². The van der Waals surface area contributed by atoms with E-state index in [1.54, 1.807) is 26.0 Å². The van der Waals surface area contributed by atoms with Crippen molar-refractivity contribution in [2.24, 2.45) is 5.92 Å². The number of hydrogen-bond donors (Lipinski definition) is 1. The van der Waals surface area contributed by atoms with Crippen molar-refractivity contribution in [2.75, 3.05) is 6.61 Å². The van der Waals surface area contributed by atoms with Crippen LogP contribution in [0.1, 0.15) is 40.5 Å². The Balaban J connectivity index is 2.02. The highest BCUT2D eigenvalue weighted by Crippen LogP contribution is 2.48. The van der Waals surface area contributed by atoms with Crippen LogP contribution in [0.2, 0.25) is 0 Å². The monoisotopic (exact) mass is 420 g/mol. The normalized spacial score (nSPS) is 37.8. The van der Waals surface area contributed by atoms with Crippen LogP contribution in [0, 0.1) is 5.92 Å². The van der Waals surface area contributed by atoms with Crippen LogP contribution in [0.4, 0.5) is 0 Å². The zero-order chi connectivity index (χ0) is 22.2. The van der Waals surface area contributed by atoms with Crippen molar-refractivity contribution in [1.29, 1.82) is 0 Å². The van der Waals surface area contributed by atoms with Crippen LogP contribution in [0.15, 0.2) is 35.5 Å². The molecule has 2 aliphatic heterocycles. The summed E-state index contributed by atoms with van der Waals surface area (Å²) in [6.07, 6.45) is 1.39. The molecular weight excluding hydrogens is 392 g/mol. The predicted molar refractivity (Wildman–Crippen MR) is 105 cm³/mol. The first-order valence-electron chi connectivity index (χ1n) is 9.99. The molecule has 2 heterocycles. The Morgan fingerprint density at radius 2 is 2.07 bits per heavy atom. The fraction of sp³-hybridized carbons (Fsp3) is 0.591. The van der Waals surface area contributed by atoms with Crippen molar-refractivity contribution in [3.05, 3.63) is 35.5 Å². The van der Waals surface area contributed by atoms with Crippen LogP contribution >= 0.6 is 0 Å². The standard InChI is InChI=1S/C22H28O8/c1-6-11(2)20(25)29-17-9-22(5)18(30-22)8-15(27-13(4)24)14(10-23)7-16-19(17)12(3)21(26)28-16/h6-7,15-19,23H,3,8-10H2,1-2,4-5H3/b11-6-,14-7-/t15-,16+,17+,18+,19-,22+/m0/s1. The van der Waals surface area contributed by atoms with Gasteiger partial charge in [0.2, 0.25) is 0 Å². The second-order valence-electron chi connectivity index (χ2n) is 8.19. The van der Waals surface area contributed by atoms with E-state index in [9.17, 15) is 19.5 Å². The summed E-state index contributed by atoms with van der Waals surface area (Å²) < 4.78 is 22.5. The number of ether oxygens (including phenoxy) is 4. The lowest BCUT2D eigenvalue weighted by molar-refractivity contribution is -0.149. The van der Waals surface area contributed by atoms with Crippen molar-refractivity contribution in [3.8, 4) is 0 Å². The first-order valence-corrected chi connectivity index (χ1v) is 9.99. The number of aliphatic hydroxyl groups excluding tert-OH is 1. The van der Waals surface area contributed by atoms with Crippen LogP contribution in [0.3, 0.4) is 0 Å². The van der Waals surface area contributed by atoms with Gasteiger partial charge in [-0.25, -0.2) is 9.59 Å². The predicted octanol–water partition coefficient (Wildman–Crippen LogP) is 1.76. The van der Waals surface area contributed by atoms with Crippen molar-refractivity contribution in [3.63, 3.8) is 0 Å². The Bertz CT molecular complexity index is 825. The minimum absolute atomic E-state index is 0.190. The molecule has 0 aromatic rings. The first kappa shape index (κ1) is 22.2. The van der Waals surface area contributed by atoms with Gasteiger partial charge in [-0.3, -0.25) is 4.79 Å².